The highest BCUT2D eigenvalue weighted by Crippen LogP contribution is 2.31. The number of fused-ring (bicyclic) bond motifs is 1. The fourth-order valence-corrected chi connectivity index (χ4v) is 2.71. The second-order valence-electron chi connectivity index (χ2n) is 3.86. The van der Waals surface area contributed by atoms with Crippen LogP contribution in [0.1, 0.15) is 0 Å². The molecule has 3 heteroatoms. The van der Waals surface area contributed by atoms with Gasteiger partial charge in [0.1, 0.15) is 0 Å². The molecule has 2 nitrogen and oxygen atoms in total. The van der Waals surface area contributed by atoms with E-state index in [-0.39, 0.29) is 0 Å². The lowest BCUT2D eigenvalue weighted by molar-refractivity contribution is 1.18. The van der Waals surface area contributed by atoms with Crippen molar-refractivity contribution in [2.24, 2.45) is 0 Å². The zero-order valence-electron chi connectivity index (χ0n) is 9.50. The van der Waals surface area contributed by atoms with E-state index in [1.807, 2.05) is 43.4 Å². The van der Waals surface area contributed by atoms with Gasteiger partial charge < -0.3 is 4.90 Å². The van der Waals surface area contributed by atoms with Gasteiger partial charge in [-0.3, -0.25) is 0 Å². The largest absolute Gasteiger partial charge is 0.321 e. The van der Waals surface area contributed by atoms with E-state index in [9.17, 15) is 0 Å². The Hall–Kier alpha value is -1.87. The van der Waals surface area contributed by atoms with E-state index in [1.54, 1.807) is 11.3 Å². The number of rotatable bonds is 2. The molecule has 0 aliphatic carbocycles. The molecule has 0 fully saturated rings. The molecule has 0 spiro atoms. The lowest BCUT2D eigenvalue weighted by Gasteiger charge is -2.15. The molecule has 0 aliphatic heterocycles. The summed E-state index contributed by atoms with van der Waals surface area (Å²) in [5.74, 6) is 0. The average Bonchev–Trinajstić information content (AvgIpc) is 2.82. The Morgan fingerprint density at radius 3 is 2.41 bits per heavy atom. The van der Waals surface area contributed by atoms with Crippen molar-refractivity contribution >= 4 is 32.4 Å². The van der Waals surface area contributed by atoms with Crippen LogP contribution in [-0.2, 0) is 0 Å². The van der Waals surface area contributed by atoms with E-state index in [0.717, 1.165) is 16.3 Å². The molecule has 1 aromatic heterocycles. The minimum Gasteiger partial charge on any atom is -0.321 e. The molecule has 0 amide bonds. The summed E-state index contributed by atoms with van der Waals surface area (Å²) in [4.78, 5) is 6.75. The molecule has 0 saturated carbocycles. The van der Waals surface area contributed by atoms with Gasteiger partial charge in [-0.1, -0.05) is 41.7 Å². The van der Waals surface area contributed by atoms with E-state index in [0.29, 0.717) is 0 Å². The molecule has 0 saturated heterocycles. The molecule has 0 atom stereocenters. The summed E-state index contributed by atoms with van der Waals surface area (Å²) >= 11 is 1.72. The van der Waals surface area contributed by atoms with Gasteiger partial charge in [-0.2, -0.15) is 0 Å². The van der Waals surface area contributed by atoms with Crippen LogP contribution in [0.2, 0.25) is 0 Å². The van der Waals surface area contributed by atoms with Crippen LogP contribution < -0.4 is 4.90 Å². The summed E-state index contributed by atoms with van der Waals surface area (Å²) in [7, 11) is 2.05. The highest BCUT2D eigenvalue weighted by atomic mass is 32.1. The lowest BCUT2D eigenvalue weighted by atomic mass is 10.3. The molecule has 0 radical (unpaired) electrons. The first-order valence-corrected chi connectivity index (χ1v) is 6.30. The second kappa shape index (κ2) is 4.18. The lowest BCUT2D eigenvalue weighted by Crippen LogP contribution is -2.08. The molecule has 3 rings (SSSR count). The summed E-state index contributed by atoms with van der Waals surface area (Å²) < 4.78 is 1.23. The zero-order valence-corrected chi connectivity index (χ0v) is 10.3. The van der Waals surface area contributed by atoms with Gasteiger partial charge in [0, 0.05) is 12.7 Å². The topological polar surface area (TPSA) is 16.1 Å². The highest BCUT2D eigenvalue weighted by Gasteiger charge is 2.08. The number of aromatic nitrogens is 1. The molecular weight excluding hydrogens is 228 g/mol. The third-order valence-corrected chi connectivity index (χ3v) is 3.83. The van der Waals surface area contributed by atoms with E-state index < -0.39 is 0 Å². The maximum absolute atomic E-state index is 4.63. The molecule has 17 heavy (non-hydrogen) atoms. The number of thiazole rings is 1. The Morgan fingerprint density at radius 2 is 1.65 bits per heavy atom. The average molecular weight is 240 g/mol. The molecule has 0 N–H and O–H groups in total. The van der Waals surface area contributed by atoms with Crippen LogP contribution in [-0.4, -0.2) is 12.0 Å². The molecule has 0 unspecified atom stereocenters. The smallest absolute Gasteiger partial charge is 0.190 e. The molecule has 0 aliphatic rings. The van der Waals surface area contributed by atoms with E-state index in [2.05, 4.69) is 28.1 Å². The summed E-state index contributed by atoms with van der Waals surface area (Å²) in [5.41, 5.74) is 2.22. The van der Waals surface area contributed by atoms with Crippen LogP contribution in [0.15, 0.2) is 54.6 Å². The first-order chi connectivity index (χ1) is 8.34. The van der Waals surface area contributed by atoms with Crippen LogP contribution in [0.25, 0.3) is 10.2 Å². The standard InChI is InChI=1S/C14H12N2S/c1-16(11-7-3-2-4-8-11)14-15-12-9-5-6-10-13(12)17-14/h2-10H,1H3. The van der Waals surface area contributed by atoms with Crippen LogP contribution in [0, 0.1) is 0 Å². The second-order valence-corrected chi connectivity index (χ2v) is 4.87. The van der Waals surface area contributed by atoms with Gasteiger partial charge >= 0.3 is 0 Å². The summed E-state index contributed by atoms with van der Waals surface area (Å²) in [6.45, 7) is 0. The predicted molar refractivity (Wildman–Crippen MR) is 74.1 cm³/mol. The van der Waals surface area contributed by atoms with Gasteiger partial charge in [0.2, 0.25) is 0 Å². The van der Waals surface area contributed by atoms with Crippen molar-refractivity contribution in [3.05, 3.63) is 54.6 Å². The van der Waals surface area contributed by atoms with Gasteiger partial charge in [-0.25, -0.2) is 4.98 Å². The third-order valence-electron chi connectivity index (χ3n) is 2.71. The highest BCUT2D eigenvalue weighted by molar-refractivity contribution is 7.22. The van der Waals surface area contributed by atoms with Gasteiger partial charge in [-0.15, -0.1) is 0 Å². The van der Waals surface area contributed by atoms with Crippen LogP contribution >= 0.6 is 11.3 Å². The van der Waals surface area contributed by atoms with Crippen LogP contribution in [0.3, 0.4) is 0 Å². The number of nitrogens with zero attached hydrogens (tertiary/aromatic N) is 2. The SMILES string of the molecule is CN(c1ccccc1)c1nc2ccccc2s1. The Kier molecular flexibility index (Phi) is 2.53. The van der Waals surface area contributed by atoms with Crippen molar-refractivity contribution in [3.63, 3.8) is 0 Å². The first-order valence-electron chi connectivity index (χ1n) is 5.49. The van der Waals surface area contributed by atoms with E-state index >= 15 is 0 Å². The predicted octanol–water partition coefficient (Wildman–Crippen LogP) is 4.06. The van der Waals surface area contributed by atoms with Gasteiger partial charge in [0.05, 0.1) is 10.2 Å². The minimum atomic E-state index is 1.03. The van der Waals surface area contributed by atoms with Crippen molar-refractivity contribution in [3.8, 4) is 0 Å². The molecule has 0 bridgehead atoms. The molecule has 2 aromatic carbocycles. The molecule has 3 aromatic rings. The maximum Gasteiger partial charge on any atom is 0.190 e. The normalized spacial score (nSPS) is 10.6. The van der Waals surface area contributed by atoms with Crippen molar-refractivity contribution in [1.82, 2.24) is 4.98 Å². The minimum absolute atomic E-state index is 1.03. The fraction of sp³-hybridized carbons (Fsp3) is 0.0714. The van der Waals surface area contributed by atoms with Crippen molar-refractivity contribution in [2.45, 2.75) is 0 Å². The number of para-hydroxylation sites is 2. The van der Waals surface area contributed by atoms with E-state index in [1.165, 1.54) is 4.70 Å². The molecule has 1 heterocycles. The Bertz CT molecular complexity index is 598. The third kappa shape index (κ3) is 1.89. The van der Waals surface area contributed by atoms with Gasteiger partial charge in [-0.05, 0) is 24.3 Å². The zero-order chi connectivity index (χ0) is 11.7. The summed E-state index contributed by atoms with van der Waals surface area (Å²) in [5, 5.41) is 1.03. The first kappa shape index (κ1) is 10.3. The van der Waals surface area contributed by atoms with Gasteiger partial charge in [0.15, 0.2) is 5.13 Å². The maximum atomic E-state index is 4.63. The molecular formula is C14H12N2S. The van der Waals surface area contributed by atoms with Crippen LogP contribution in [0.5, 0.6) is 0 Å². The number of hydrogen-bond acceptors (Lipinski definition) is 3. The summed E-state index contributed by atoms with van der Waals surface area (Å²) in [6, 6.07) is 18.5. The Labute approximate surface area is 104 Å². The molecule has 84 valence electrons. The van der Waals surface area contributed by atoms with Gasteiger partial charge in [0.25, 0.3) is 0 Å². The number of anilines is 2. The fourth-order valence-electron chi connectivity index (χ4n) is 1.77. The number of benzene rings is 2. The quantitative estimate of drug-likeness (QED) is 0.671. The Balaban J connectivity index is 2.04. The van der Waals surface area contributed by atoms with Crippen molar-refractivity contribution < 1.29 is 0 Å². The Morgan fingerprint density at radius 1 is 0.941 bits per heavy atom. The number of hydrogen-bond donors (Lipinski definition) is 0. The van der Waals surface area contributed by atoms with E-state index in [4.69, 9.17) is 0 Å². The van der Waals surface area contributed by atoms with Crippen LogP contribution in [0.4, 0.5) is 10.8 Å². The van der Waals surface area contributed by atoms with Crippen molar-refractivity contribution in [1.29, 1.82) is 0 Å². The summed E-state index contributed by atoms with van der Waals surface area (Å²) in [6.07, 6.45) is 0. The van der Waals surface area contributed by atoms with Crippen molar-refractivity contribution in [2.75, 3.05) is 11.9 Å². The monoisotopic (exact) mass is 240 g/mol.